The van der Waals surface area contributed by atoms with E-state index in [1.165, 1.54) is 17.4 Å². The van der Waals surface area contributed by atoms with Crippen LogP contribution < -0.4 is 5.32 Å². The molecule has 0 radical (unpaired) electrons. The lowest BCUT2D eigenvalue weighted by Crippen LogP contribution is -2.46. The molecule has 8 nitrogen and oxygen atoms in total. The normalized spacial score (nSPS) is 13.5. The van der Waals surface area contributed by atoms with Gasteiger partial charge in [-0.3, -0.25) is 4.79 Å². The number of pyridine rings is 1. The standard InChI is InChI=1S/C12H15N7O.C3H8.ClH/c20-12(18-5-3-13-4-6-18)7-10-1-2-11(14-8-10)19-9-15-16-17-19;1-3-2;/h1-2,8-9,13H,3-7H2;3H2,1-2H3;1H. The van der Waals surface area contributed by atoms with Gasteiger partial charge in [0.25, 0.3) is 0 Å². The summed E-state index contributed by atoms with van der Waals surface area (Å²) >= 11 is 0. The summed E-state index contributed by atoms with van der Waals surface area (Å²) in [5.41, 5.74) is 0.894. The summed E-state index contributed by atoms with van der Waals surface area (Å²) in [6.07, 6.45) is 4.80. The van der Waals surface area contributed by atoms with Crippen molar-refractivity contribution in [2.75, 3.05) is 26.2 Å². The number of carbonyl (C=O) groups is 1. The van der Waals surface area contributed by atoms with Crippen molar-refractivity contribution in [2.24, 2.45) is 0 Å². The monoisotopic (exact) mass is 353 g/mol. The highest BCUT2D eigenvalue weighted by Crippen LogP contribution is 2.06. The van der Waals surface area contributed by atoms with E-state index >= 15 is 0 Å². The Kier molecular flexibility index (Phi) is 8.88. The van der Waals surface area contributed by atoms with Crippen molar-refractivity contribution in [1.29, 1.82) is 0 Å². The number of nitrogens with one attached hydrogen (secondary N) is 1. The van der Waals surface area contributed by atoms with E-state index in [-0.39, 0.29) is 18.3 Å². The number of amides is 1. The molecule has 9 heteroatoms. The van der Waals surface area contributed by atoms with E-state index in [9.17, 15) is 4.79 Å². The minimum atomic E-state index is 0. The van der Waals surface area contributed by atoms with E-state index < -0.39 is 0 Å². The van der Waals surface area contributed by atoms with E-state index in [2.05, 4.69) is 39.7 Å². The van der Waals surface area contributed by atoms with Crippen molar-refractivity contribution in [2.45, 2.75) is 26.7 Å². The molecule has 3 rings (SSSR count). The molecule has 0 aromatic carbocycles. The molecule has 24 heavy (non-hydrogen) atoms. The quantitative estimate of drug-likeness (QED) is 0.880. The number of hydrogen-bond acceptors (Lipinski definition) is 6. The Labute approximate surface area is 148 Å². The maximum Gasteiger partial charge on any atom is 0.227 e. The van der Waals surface area contributed by atoms with Crippen LogP contribution in [0.2, 0.25) is 0 Å². The third kappa shape index (κ3) is 5.86. The SMILES string of the molecule is CCC.Cl.O=C(Cc1ccc(-n2cnnn2)nc1)N1CCNCC1. The Morgan fingerprint density at radius 2 is 1.96 bits per heavy atom. The molecule has 0 unspecified atom stereocenters. The molecule has 1 saturated heterocycles. The van der Waals surface area contributed by atoms with Gasteiger partial charge in [0.15, 0.2) is 5.82 Å². The molecule has 1 N–H and O–H groups in total. The Hall–Kier alpha value is -2.06. The van der Waals surface area contributed by atoms with Gasteiger partial charge in [0, 0.05) is 32.4 Å². The molecule has 0 spiro atoms. The lowest BCUT2D eigenvalue weighted by atomic mass is 10.2. The lowest BCUT2D eigenvalue weighted by Gasteiger charge is -2.27. The predicted molar refractivity (Wildman–Crippen MR) is 93.3 cm³/mol. The van der Waals surface area contributed by atoms with Crippen LogP contribution in [0.5, 0.6) is 0 Å². The van der Waals surface area contributed by atoms with E-state index in [0.29, 0.717) is 12.2 Å². The third-order valence-corrected chi connectivity index (χ3v) is 3.22. The highest BCUT2D eigenvalue weighted by Gasteiger charge is 2.16. The Morgan fingerprint density at radius 3 is 2.50 bits per heavy atom. The summed E-state index contributed by atoms with van der Waals surface area (Å²) in [4.78, 5) is 18.3. The van der Waals surface area contributed by atoms with Crippen molar-refractivity contribution in [3.05, 3.63) is 30.2 Å². The summed E-state index contributed by atoms with van der Waals surface area (Å²) < 4.78 is 1.47. The zero-order chi connectivity index (χ0) is 16.5. The first-order chi connectivity index (χ1) is 11.2. The number of tetrazole rings is 1. The Morgan fingerprint density at radius 1 is 1.25 bits per heavy atom. The first kappa shape index (κ1) is 20.0. The number of hydrogen-bond donors (Lipinski definition) is 1. The summed E-state index contributed by atoms with van der Waals surface area (Å²) in [7, 11) is 0. The Balaban J connectivity index is 0.000000671. The largest absolute Gasteiger partial charge is 0.340 e. The van der Waals surface area contributed by atoms with Gasteiger partial charge < -0.3 is 10.2 Å². The first-order valence-corrected chi connectivity index (χ1v) is 7.91. The van der Waals surface area contributed by atoms with Crippen molar-refractivity contribution >= 4 is 18.3 Å². The van der Waals surface area contributed by atoms with Crippen LogP contribution in [0.25, 0.3) is 5.82 Å². The minimum Gasteiger partial charge on any atom is -0.340 e. The van der Waals surface area contributed by atoms with Gasteiger partial charge in [0.05, 0.1) is 6.42 Å². The van der Waals surface area contributed by atoms with Gasteiger partial charge in [-0.15, -0.1) is 17.5 Å². The molecular formula is C15H24ClN7O. The summed E-state index contributed by atoms with van der Waals surface area (Å²) in [5, 5.41) is 14.1. The van der Waals surface area contributed by atoms with Gasteiger partial charge in [0.2, 0.25) is 5.91 Å². The van der Waals surface area contributed by atoms with Gasteiger partial charge >= 0.3 is 0 Å². The van der Waals surface area contributed by atoms with E-state index in [4.69, 9.17) is 0 Å². The lowest BCUT2D eigenvalue weighted by molar-refractivity contribution is -0.131. The highest BCUT2D eigenvalue weighted by atomic mass is 35.5. The molecule has 1 aliphatic rings. The van der Waals surface area contributed by atoms with Crippen LogP contribution in [0.3, 0.4) is 0 Å². The van der Waals surface area contributed by atoms with Crippen molar-refractivity contribution < 1.29 is 4.79 Å². The molecule has 2 aromatic heterocycles. The van der Waals surface area contributed by atoms with Crippen LogP contribution >= 0.6 is 12.4 Å². The summed E-state index contributed by atoms with van der Waals surface area (Å²) in [5.74, 6) is 0.775. The van der Waals surface area contributed by atoms with Gasteiger partial charge in [-0.25, -0.2) is 4.98 Å². The number of carbonyl (C=O) groups excluding carboxylic acids is 1. The highest BCUT2D eigenvalue weighted by molar-refractivity contribution is 5.85. The van der Waals surface area contributed by atoms with Crippen LogP contribution in [0.4, 0.5) is 0 Å². The molecule has 2 aromatic rings. The van der Waals surface area contributed by atoms with E-state index in [1.807, 2.05) is 11.0 Å². The molecule has 0 saturated carbocycles. The zero-order valence-corrected chi connectivity index (χ0v) is 14.9. The van der Waals surface area contributed by atoms with Gasteiger partial charge in [-0.2, -0.15) is 4.68 Å². The van der Waals surface area contributed by atoms with Crippen LogP contribution in [-0.2, 0) is 11.2 Å². The second kappa shape index (κ2) is 10.7. The number of rotatable bonds is 3. The van der Waals surface area contributed by atoms with Crippen molar-refractivity contribution in [3.63, 3.8) is 0 Å². The van der Waals surface area contributed by atoms with E-state index in [1.54, 1.807) is 12.3 Å². The van der Waals surface area contributed by atoms with Crippen molar-refractivity contribution in [3.8, 4) is 5.82 Å². The van der Waals surface area contributed by atoms with Crippen LogP contribution in [0, 0.1) is 0 Å². The fourth-order valence-corrected chi connectivity index (χ4v) is 2.12. The molecule has 3 heterocycles. The maximum absolute atomic E-state index is 12.1. The zero-order valence-electron chi connectivity index (χ0n) is 14.1. The topological polar surface area (TPSA) is 88.8 Å². The first-order valence-electron chi connectivity index (χ1n) is 7.91. The smallest absolute Gasteiger partial charge is 0.227 e. The van der Waals surface area contributed by atoms with E-state index in [0.717, 1.165) is 31.7 Å². The number of aromatic nitrogens is 5. The molecule has 1 aliphatic heterocycles. The fourth-order valence-electron chi connectivity index (χ4n) is 2.12. The second-order valence-corrected chi connectivity index (χ2v) is 5.29. The molecule has 0 aliphatic carbocycles. The maximum atomic E-state index is 12.1. The predicted octanol–water partition coefficient (Wildman–Crippen LogP) is 0.870. The second-order valence-electron chi connectivity index (χ2n) is 5.29. The molecule has 1 amide bonds. The third-order valence-electron chi connectivity index (χ3n) is 3.22. The fraction of sp³-hybridized carbons (Fsp3) is 0.533. The number of nitrogens with zero attached hydrogens (tertiary/aromatic N) is 6. The Bertz CT molecular complexity index is 582. The molecule has 132 valence electrons. The molecule has 0 bridgehead atoms. The van der Waals surface area contributed by atoms with Crippen LogP contribution in [-0.4, -0.2) is 62.2 Å². The molecular weight excluding hydrogens is 330 g/mol. The van der Waals surface area contributed by atoms with Gasteiger partial charge in [0.1, 0.15) is 6.33 Å². The van der Waals surface area contributed by atoms with Crippen molar-refractivity contribution in [1.82, 2.24) is 35.4 Å². The average Bonchev–Trinajstić information content (AvgIpc) is 3.12. The summed E-state index contributed by atoms with van der Waals surface area (Å²) in [6, 6.07) is 3.68. The number of piperazine rings is 1. The molecule has 0 atom stereocenters. The number of halogens is 1. The van der Waals surface area contributed by atoms with Gasteiger partial charge in [-0.05, 0) is 22.1 Å². The summed E-state index contributed by atoms with van der Waals surface area (Å²) in [6.45, 7) is 7.52. The van der Waals surface area contributed by atoms with Crippen LogP contribution in [0.15, 0.2) is 24.7 Å². The molecule has 1 fully saturated rings. The average molecular weight is 354 g/mol. The van der Waals surface area contributed by atoms with Gasteiger partial charge in [-0.1, -0.05) is 26.3 Å². The van der Waals surface area contributed by atoms with Crippen LogP contribution in [0.1, 0.15) is 25.8 Å². The minimum absolute atomic E-state index is 0.